The molecule has 1 N–H and O–H groups in total. The highest BCUT2D eigenvalue weighted by Crippen LogP contribution is 2.13. The van der Waals surface area contributed by atoms with Crippen LogP contribution in [0.25, 0.3) is 0 Å². The van der Waals surface area contributed by atoms with Crippen molar-refractivity contribution in [2.24, 2.45) is 0 Å². The molecule has 2 aliphatic rings. The van der Waals surface area contributed by atoms with Gasteiger partial charge in [0.05, 0.1) is 12.9 Å². The standard InChI is InChI=1S/C11H20O2Si.C6H12OSi.C5H8O.CH4/c1-14(2,3)10-6-9-13-11-7-4-5-8-12-11;1-8(2,3)6-4-5-7;1-2-4-6-5-3-1;/h11H,4-5,7-9H2,1-3H3;7H,5H2,1-3H3;2,4H,1,3,5H2;1H4. The van der Waals surface area contributed by atoms with Crippen LogP contribution in [-0.4, -0.2) is 54.0 Å². The molecular weight excluding hydrogens is 396 g/mol. The lowest BCUT2D eigenvalue weighted by Crippen LogP contribution is -2.22. The molecule has 0 bridgehead atoms. The highest BCUT2D eigenvalue weighted by Gasteiger charge is 2.13. The number of allylic oxidation sites excluding steroid dienone is 1. The van der Waals surface area contributed by atoms with Crippen LogP contribution >= 0.6 is 0 Å². The van der Waals surface area contributed by atoms with E-state index in [2.05, 4.69) is 62.2 Å². The molecule has 6 heteroatoms. The van der Waals surface area contributed by atoms with E-state index in [1.54, 1.807) is 6.26 Å². The average molecular weight is 441 g/mol. The van der Waals surface area contributed by atoms with Crippen molar-refractivity contribution in [3.05, 3.63) is 12.3 Å². The van der Waals surface area contributed by atoms with Gasteiger partial charge < -0.3 is 19.3 Å². The van der Waals surface area contributed by atoms with Crippen molar-refractivity contribution in [2.45, 2.75) is 85.1 Å². The second-order valence-electron chi connectivity index (χ2n) is 8.75. The van der Waals surface area contributed by atoms with E-state index in [1.165, 1.54) is 25.7 Å². The van der Waals surface area contributed by atoms with E-state index in [1.807, 2.05) is 6.08 Å². The average Bonchev–Trinajstić information content (AvgIpc) is 2.66. The van der Waals surface area contributed by atoms with E-state index in [9.17, 15) is 0 Å². The molecule has 0 aromatic carbocycles. The highest BCUT2D eigenvalue weighted by molar-refractivity contribution is 6.84. The van der Waals surface area contributed by atoms with Gasteiger partial charge in [-0.1, -0.05) is 58.5 Å². The molecule has 168 valence electrons. The first-order chi connectivity index (χ1) is 13.1. The second-order valence-corrected chi connectivity index (χ2v) is 18.3. The Morgan fingerprint density at radius 2 is 1.62 bits per heavy atom. The zero-order chi connectivity index (χ0) is 21.3. The number of rotatable bonds is 2. The molecule has 0 aliphatic carbocycles. The van der Waals surface area contributed by atoms with Gasteiger partial charge in [-0.15, -0.1) is 11.1 Å². The molecule has 1 saturated heterocycles. The largest absolute Gasteiger partial charge is 0.502 e. The summed E-state index contributed by atoms with van der Waals surface area (Å²) in [5.74, 6) is 5.74. The maximum absolute atomic E-state index is 8.28. The van der Waals surface area contributed by atoms with Crippen molar-refractivity contribution in [1.82, 2.24) is 0 Å². The van der Waals surface area contributed by atoms with Gasteiger partial charge >= 0.3 is 0 Å². The van der Waals surface area contributed by atoms with Gasteiger partial charge in [0.25, 0.3) is 0 Å². The molecule has 2 rings (SSSR count). The van der Waals surface area contributed by atoms with Gasteiger partial charge in [0.15, 0.2) is 6.29 Å². The van der Waals surface area contributed by atoms with Crippen molar-refractivity contribution in [3.8, 4) is 22.9 Å². The summed E-state index contributed by atoms with van der Waals surface area (Å²) in [6.07, 6.45) is 9.60. The number of ether oxygens (including phenoxy) is 3. The van der Waals surface area contributed by atoms with E-state index in [-0.39, 0.29) is 20.3 Å². The fraction of sp³-hybridized carbons (Fsp3) is 0.739. The Labute approximate surface area is 182 Å². The Hall–Kier alpha value is -1.03. The minimum Gasteiger partial charge on any atom is -0.502 e. The van der Waals surface area contributed by atoms with Gasteiger partial charge in [-0.05, 0) is 38.2 Å². The number of aliphatic hydroxyl groups excluding tert-OH is 1. The summed E-state index contributed by atoms with van der Waals surface area (Å²) in [4.78, 5) is 0. The van der Waals surface area contributed by atoms with Crippen LogP contribution in [0.3, 0.4) is 0 Å². The summed E-state index contributed by atoms with van der Waals surface area (Å²) in [7, 11) is -2.43. The lowest BCUT2D eigenvalue weighted by atomic mass is 10.2. The molecule has 0 saturated carbocycles. The monoisotopic (exact) mass is 440 g/mol. The molecule has 0 spiro atoms. The third-order valence-corrected chi connectivity index (χ3v) is 5.16. The summed E-state index contributed by atoms with van der Waals surface area (Å²) < 4.78 is 15.8. The molecule has 29 heavy (non-hydrogen) atoms. The Bertz CT molecular complexity index is 526. The Morgan fingerprint density at radius 1 is 0.966 bits per heavy atom. The van der Waals surface area contributed by atoms with Crippen molar-refractivity contribution in [2.75, 3.05) is 26.4 Å². The molecule has 0 aromatic rings. The molecular formula is C23H44O4Si2. The fourth-order valence-corrected chi connectivity index (χ4v) is 3.28. The molecule has 2 aliphatic heterocycles. The van der Waals surface area contributed by atoms with Crippen molar-refractivity contribution >= 4 is 16.1 Å². The van der Waals surface area contributed by atoms with Gasteiger partial charge in [-0.25, -0.2) is 0 Å². The first-order valence-corrected chi connectivity index (χ1v) is 17.2. The lowest BCUT2D eigenvalue weighted by Gasteiger charge is -2.21. The van der Waals surface area contributed by atoms with Crippen LogP contribution in [0, 0.1) is 22.9 Å². The predicted octanol–water partition coefficient (Wildman–Crippen LogP) is 5.22. The Balaban J connectivity index is 0. The van der Waals surface area contributed by atoms with Crippen molar-refractivity contribution in [3.63, 3.8) is 0 Å². The summed E-state index contributed by atoms with van der Waals surface area (Å²) in [5.41, 5.74) is 6.28. The number of hydrogen-bond donors (Lipinski definition) is 1. The minimum atomic E-state index is -1.23. The third-order valence-electron chi connectivity index (χ3n) is 3.31. The SMILES string of the molecule is C.C1=COCCC1.C[Si](C)(C)C#CCO.C[Si](C)(C)C#CCOC1CCCCO1. The minimum absolute atomic E-state index is 0. The molecule has 0 amide bonds. The smallest absolute Gasteiger partial charge is 0.158 e. The van der Waals surface area contributed by atoms with E-state index in [0.717, 1.165) is 19.6 Å². The molecule has 0 radical (unpaired) electrons. The zero-order valence-electron chi connectivity index (χ0n) is 18.8. The summed E-state index contributed by atoms with van der Waals surface area (Å²) in [5, 5.41) is 8.28. The number of hydrogen-bond acceptors (Lipinski definition) is 4. The first-order valence-electron chi connectivity index (χ1n) is 10.2. The zero-order valence-corrected chi connectivity index (χ0v) is 20.8. The van der Waals surface area contributed by atoms with Crippen LogP contribution in [0.5, 0.6) is 0 Å². The first kappa shape index (κ1) is 30.2. The van der Waals surface area contributed by atoms with Crippen molar-refractivity contribution in [1.29, 1.82) is 0 Å². The third kappa shape index (κ3) is 24.9. The fourth-order valence-electron chi connectivity index (χ4n) is 2.07. The van der Waals surface area contributed by atoms with E-state index >= 15 is 0 Å². The summed E-state index contributed by atoms with van der Waals surface area (Å²) >= 11 is 0. The van der Waals surface area contributed by atoms with Gasteiger partial charge in [-0.3, -0.25) is 0 Å². The normalized spacial score (nSPS) is 17.8. The van der Waals surface area contributed by atoms with Crippen molar-refractivity contribution < 1.29 is 19.3 Å². The van der Waals surface area contributed by atoms with E-state index in [0.29, 0.717) is 6.61 Å². The van der Waals surface area contributed by atoms with Crippen LogP contribution in [0.4, 0.5) is 0 Å². The second kappa shape index (κ2) is 17.8. The van der Waals surface area contributed by atoms with Crippen LogP contribution in [0.1, 0.15) is 39.5 Å². The van der Waals surface area contributed by atoms with Crippen LogP contribution < -0.4 is 0 Å². The summed E-state index contributed by atoms with van der Waals surface area (Å²) in [6.45, 7) is 15.4. The molecule has 1 unspecified atom stereocenters. The molecule has 0 aromatic heterocycles. The Morgan fingerprint density at radius 3 is 1.97 bits per heavy atom. The molecule has 4 nitrogen and oxygen atoms in total. The summed E-state index contributed by atoms with van der Waals surface area (Å²) in [6, 6.07) is 0. The number of aliphatic hydroxyl groups is 1. The highest BCUT2D eigenvalue weighted by atomic mass is 28.3. The van der Waals surface area contributed by atoms with Gasteiger partial charge in [0.2, 0.25) is 0 Å². The van der Waals surface area contributed by atoms with Crippen LogP contribution in [0.15, 0.2) is 12.3 Å². The van der Waals surface area contributed by atoms with Gasteiger partial charge in [0, 0.05) is 6.61 Å². The maximum atomic E-state index is 8.28. The van der Waals surface area contributed by atoms with E-state index < -0.39 is 16.1 Å². The lowest BCUT2D eigenvalue weighted by molar-refractivity contribution is -0.154. The molecule has 2 heterocycles. The topological polar surface area (TPSA) is 47.9 Å². The Kier molecular flexibility index (Phi) is 18.5. The van der Waals surface area contributed by atoms with Gasteiger partial charge in [-0.2, -0.15) is 0 Å². The van der Waals surface area contributed by atoms with Crippen LogP contribution in [0.2, 0.25) is 39.3 Å². The predicted molar refractivity (Wildman–Crippen MR) is 130 cm³/mol. The molecule has 1 fully saturated rings. The van der Waals surface area contributed by atoms with E-state index in [4.69, 9.17) is 19.3 Å². The van der Waals surface area contributed by atoms with Gasteiger partial charge in [0.1, 0.15) is 29.4 Å². The maximum Gasteiger partial charge on any atom is 0.158 e. The quantitative estimate of drug-likeness (QED) is 0.472. The molecule has 1 atom stereocenters. The van der Waals surface area contributed by atoms with Crippen LogP contribution in [-0.2, 0) is 14.2 Å².